The number of pyridine rings is 1. The van der Waals surface area contributed by atoms with E-state index in [1.54, 1.807) is 6.07 Å². The molecule has 1 fully saturated rings. The molecule has 2 aliphatic heterocycles. The van der Waals surface area contributed by atoms with Gasteiger partial charge in [0.05, 0.1) is 17.6 Å². The molecule has 2 aromatic rings. The van der Waals surface area contributed by atoms with E-state index < -0.39 is 0 Å². The van der Waals surface area contributed by atoms with Gasteiger partial charge in [0.1, 0.15) is 11.6 Å². The highest BCUT2D eigenvalue weighted by molar-refractivity contribution is 5.78. The van der Waals surface area contributed by atoms with Crippen molar-refractivity contribution in [3.05, 3.63) is 48.4 Å². The number of anilines is 3. The van der Waals surface area contributed by atoms with Crippen molar-refractivity contribution in [1.29, 1.82) is 0 Å². The van der Waals surface area contributed by atoms with Crippen LogP contribution >= 0.6 is 0 Å². The molecule has 1 N–H and O–H groups in total. The lowest BCUT2D eigenvalue weighted by atomic mass is 10.1. The van der Waals surface area contributed by atoms with E-state index in [4.69, 9.17) is 0 Å². The number of benzene rings is 1. The monoisotopic (exact) mass is 312 g/mol. The van der Waals surface area contributed by atoms with E-state index in [0.29, 0.717) is 0 Å². The van der Waals surface area contributed by atoms with Gasteiger partial charge in [-0.1, -0.05) is 12.1 Å². The van der Waals surface area contributed by atoms with Crippen LogP contribution in [0.1, 0.15) is 6.42 Å². The summed E-state index contributed by atoms with van der Waals surface area (Å²) in [6.07, 6.45) is 2.54. The molecule has 120 valence electrons. The number of nitrogens with one attached hydrogen (secondary N) is 1. The molecule has 0 saturated carbocycles. The van der Waals surface area contributed by atoms with Gasteiger partial charge in [0, 0.05) is 19.6 Å². The summed E-state index contributed by atoms with van der Waals surface area (Å²) in [5.74, 6) is 1.23. The first-order valence-electron chi connectivity index (χ1n) is 8.25. The summed E-state index contributed by atoms with van der Waals surface area (Å²) in [5, 5.41) is 3.44. The van der Waals surface area contributed by atoms with Crippen LogP contribution in [-0.2, 0) is 0 Å². The van der Waals surface area contributed by atoms with Crippen molar-refractivity contribution in [2.45, 2.75) is 6.42 Å². The Morgan fingerprint density at radius 2 is 2.00 bits per heavy atom. The van der Waals surface area contributed by atoms with Gasteiger partial charge in [-0.3, -0.25) is 0 Å². The molecule has 0 bridgehead atoms. The highest BCUT2D eigenvalue weighted by Crippen LogP contribution is 2.37. The third kappa shape index (κ3) is 2.88. The van der Waals surface area contributed by atoms with Crippen LogP contribution in [-0.4, -0.2) is 37.7 Å². The summed E-state index contributed by atoms with van der Waals surface area (Å²) in [5.41, 5.74) is 2.40. The highest BCUT2D eigenvalue weighted by Gasteiger charge is 2.26. The molecule has 0 amide bonds. The lowest BCUT2D eigenvalue weighted by Gasteiger charge is -2.39. The fourth-order valence-corrected chi connectivity index (χ4v) is 3.56. The van der Waals surface area contributed by atoms with Crippen molar-refractivity contribution < 1.29 is 4.39 Å². The van der Waals surface area contributed by atoms with Gasteiger partial charge in [-0.15, -0.1) is 0 Å². The summed E-state index contributed by atoms with van der Waals surface area (Å²) < 4.78 is 13.1. The normalized spacial score (nSPS) is 20.7. The number of rotatable bonds is 3. The predicted octanol–water partition coefficient (Wildman–Crippen LogP) is 2.79. The van der Waals surface area contributed by atoms with Crippen LogP contribution in [0.25, 0.3) is 0 Å². The average molecular weight is 312 g/mol. The number of nitrogens with zero attached hydrogens (tertiary/aromatic N) is 3. The second-order valence-electron chi connectivity index (χ2n) is 6.28. The summed E-state index contributed by atoms with van der Waals surface area (Å²) in [6, 6.07) is 11.7. The number of hydrogen-bond donors (Lipinski definition) is 1. The molecular weight excluding hydrogens is 291 g/mol. The average Bonchev–Trinajstić information content (AvgIpc) is 3.09. The predicted molar refractivity (Wildman–Crippen MR) is 90.8 cm³/mol. The molecule has 1 aromatic carbocycles. The van der Waals surface area contributed by atoms with Crippen LogP contribution < -0.4 is 15.1 Å². The maximum absolute atomic E-state index is 13.1. The molecule has 5 heteroatoms. The Hall–Kier alpha value is -2.14. The Labute approximate surface area is 135 Å². The lowest BCUT2D eigenvalue weighted by Crippen LogP contribution is -2.41. The largest absolute Gasteiger partial charge is 0.368 e. The number of halogens is 1. The highest BCUT2D eigenvalue weighted by atomic mass is 19.1. The minimum absolute atomic E-state index is 0.297. The summed E-state index contributed by atoms with van der Waals surface area (Å²) in [4.78, 5) is 8.91. The summed E-state index contributed by atoms with van der Waals surface area (Å²) >= 11 is 0. The third-order valence-corrected chi connectivity index (χ3v) is 4.74. The zero-order valence-electron chi connectivity index (χ0n) is 13.1. The van der Waals surface area contributed by atoms with Crippen molar-refractivity contribution in [3.8, 4) is 0 Å². The molecule has 0 aliphatic carbocycles. The second kappa shape index (κ2) is 6.16. The molecule has 1 saturated heterocycles. The van der Waals surface area contributed by atoms with Crippen molar-refractivity contribution in [3.63, 3.8) is 0 Å². The SMILES string of the molecule is Fc1ccc(N2CCN(C[C@H]3CCNC3)c3ccccc32)nc1. The molecule has 1 aromatic heterocycles. The Bertz CT molecular complexity index is 667. The molecule has 4 nitrogen and oxygen atoms in total. The molecule has 1 atom stereocenters. The zero-order valence-corrected chi connectivity index (χ0v) is 13.1. The molecule has 2 aliphatic rings. The minimum Gasteiger partial charge on any atom is -0.368 e. The first-order chi connectivity index (χ1) is 11.3. The van der Waals surface area contributed by atoms with E-state index in [-0.39, 0.29) is 5.82 Å². The molecule has 4 rings (SSSR count). The van der Waals surface area contributed by atoms with Gasteiger partial charge in [-0.2, -0.15) is 0 Å². The van der Waals surface area contributed by atoms with Crippen LogP contribution in [0.3, 0.4) is 0 Å². The first kappa shape index (κ1) is 14.5. The molecule has 0 spiro atoms. The number of fused-ring (bicyclic) bond motifs is 1. The van der Waals surface area contributed by atoms with Crippen LogP contribution in [0.4, 0.5) is 21.6 Å². The number of hydrogen-bond acceptors (Lipinski definition) is 4. The molecule has 3 heterocycles. The fourth-order valence-electron chi connectivity index (χ4n) is 3.56. The van der Waals surface area contributed by atoms with Gasteiger partial charge < -0.3 is 15.1 Å². The Balaban J connectivity index is 1.62. The Morgan fingerprint density at radius 3 is 2.74 bits per heavy atom. The van der Waals surface area contributed by atoms with Crippen molar-refractivity contribution in [2.24, 2.45) is 5.92 Å². The molecule has 23 heavy (non-hydrogen) atoms. The van der Waals surface area contributed by atoms with Crippen molar-refractivity contribution in [1.82, 2.24) is 10.3 Å². The minimum atomic E-state index is -0.297. The van der Waals surface area contributed by atoms with Crippen molar-refractivity contribution in [2.75, 3.05) is 42.5 Å². The van der Waals surface area contributed by atoms with Crippen LogP contribution in [0.15, 0.2) is 42.6 Å². The van der Waals surface area contributed by atoms with E-state index in [0.717, 1.165) is 50.1 Å². The maximum Gasteiger partial charge on any atom is 0.141 e. The Kier molecular flexibility index (Phi) is 3.87. The zero-order chi connectivity index (χ0) is 15.6. The molecule has 0 radical (unpaired) electrons. The van der Waals surface area contributed by atoms with Crippen LogP contribution in [0.2, 0.25) is 0 Å². The fraction of sp³-hybridized carbons (Fsp3) is 0.389. The van der Waals surface area contributed by atoms with Gasteiger partial charge in [-0.25, -0.2) is 9.37 Å². The van der Waals surface area contributed by atoms with E-state index >= 15 is 0 Å². The topological polar surface area (TPSA) is 31.4 Å². The standard InChI is InChI=1S/C18H21FN4/c19-15-5-6-18(21-12-15)23-10-9-22(13-14-7-8-20-11-14)16-3-1-2-4-17(16)23/h1-6,12,14,20H,7-11,13H2/t14-/m0/s1. The van der Waals surface area contributed by atoms with E-state index in [1.165, 1.54) is 24.4 Å². The smallest absolute Gasteiger partial charge is 0.141 e. The van der Waals surface area contributed by atoms with E-state index in [2.05, 4.69) is 44.4 Å². The third-order valence-electron chi connectivity index (χ3n) is 4.74. The van der Waals surface area contributed by atoms with Gasteiger partial charge >= 0.3 is 0 Å². The summed E-state index contributed by atoms with van der Waals surface area (Å²) in [7, 11) is 0. The van der Waals surface area contributed by atoms with E-state index in [1.807, 2.05) is 0 Å². The number of para-hydroxylation sites is 2. The van der Waals surface area contributed by atoms with Gasteiger partial charge in [0.15, 0.2) is 0 Å². The summed E-state index contributed by atoms with van der Waals surface area (Å²) in [6.45, 7) is 5.17. The van der Waals surface area contributed by atoms with Crippen LogP contribution in [0.5, 0.6) is 0 Å². The van der Waals surface area contributed by atoms with Crippen molar-refractivity contribution >= 4 is 17.2 Å². The van der Waals surface area contributed by atoms with Crippen LogP contribution in [0, 0.1) is 11.7 Å². The lowest BCUT2D eigenvalue weighted by molar-refractivity contribution is 0.554. The first-order valence-corrected chi connectivity index (χ1v) is 8.25. The molecular formula is C18H21FN4. The Morgan fingerprint density at radius 1 is 1.13 bits per heavy atom. The molecule has 0 unspecified atom stereocenters. The quantitative estimate of drug-likeness (QED) is 0.944. The van der Waals surface area contributed by atoms with Gasteiger partial charge in [0.25, 0.3) is 0 Å². The second-order valence-corrected chi connectivity index (χ2v) is 6.28. The van der Waals surface area contributed by atoms with Gasteiger partial charge in [-0.05, 0) is 49.7 Å². The van der Waals surface area contributed by atoms with Gasteiger partial charge in [0.2, 0.25) is 0 Å². The van der Waals surface area contributed by atoms with E-state index in [9.17, 15) is 4.39 Å². The maximum atomic E-state index is 13.1. The number of aromatic nitrogens is 1.